The van der Waals surface area contributed by atoms with E-state index in [1.165, 1.54) is 48.5 Å². The molecule has 0 fully saturated rings. The Labute approximate surface area is 243 Å². The van der Waals surface area contributed by atoms with Crippen LogP contribution in [-0.2, 0) is 24.8 Å². The molecule has 1 aromatic heterocycles. The van der Waals surface area contributed by atoms with Gasteiger partial charge < -0.3 is 14.8 Å². The zero-order chi connectivity index (χ0) is 29.9. The van der Waals surface area contributed by atoms with Gasteiger partial charge in [0.25, 0.3) is 20.0 Å². The number of aromatic nitrogens is 2. The van der Waals surface area contributed by atoms with Gasteiger partial charge in [0.05, 0.1) is 15.5 Å². The molecule has 42 heavy (non-hydrogen) atoms. The first-order chi connectivity index (χ1) is 20.0. The maximum atomic E-state index is 13.6. The average molecular weight is 610 g/mol. The van der Waals surface area contributed by atoms with Crippen molar-refractivity contribution in [2.24, 2.45) is 0 Å². The normalized spacial score (nSPS) is 12.8. The fourth-order valence-electron chi connectivity index (χ4n) is 4.22. The molecule has 0 spiro atoms. The smallest absolute Gasteiger partial charge is 0.264 e. The first kappa shape index (κ1) is 28.8. The Morgan fingerprint density at radius 1 is 0.810 bits per heavy atom. The summed E-state index contributed by atoms with van der Waals surface area (Å²) in [5, 5.41) is 2.63. The van der Waals surface area contributed by atoms with Crippen LogP contribution in [-0.4, -0.2) is 52.5 Å². The lowest BCUT2D eigenvalue weighted by Gasteiger charge is -2.26. The van der Waals surface area contributed by atoms with Crippen LogP contribution in [0.3, 0.4) is 0 Å². The summed E-state index contributed by atoms with van der Waals surface area (Å²) in [5.41, 5.74) is 1.69. The average Bonchev–Trinajstić information content (AvgIpc) is 2.95. The number of anilines is 3. The van der Waals surface area contributed by atoms with Gasteiger partial charge in [-0.2, -0.15) is 0 Å². The maximum Gasteiger partial charge on any atom is 0.264 e. The Hall–Kier alpha value is -4.69. The van der Waals surface area contributed by atoms with E-state index in [0.717, 1.165) is 4.31 Å². The lowest BCUT2D eigenvalue weighted by molar-refractivity contribution is -0.114. The molecule has 0 unspecified atom stereocenters. The molecule has 1 aliphatic rings. The highest BCUT2D eigenvalue weighted by Gasteiger charge is 2.28. The molecule has 1 aliphatic heterocycles. The molecule has 14 heteroatoms. The number of rotatable bonds is 9. The molecule has 12 nitrogen and oxygen atoms in total. The Bertz CT molecular complexity index is 1810. The first-order valence-corrected chi connectivity index (χ1v) is 15.7. The van der Waals surface area contributed by atoms with Crippen LogP contribution < -0.4 is 23.8 Å². The number of benzene rings is 3. The van der Waals surface area contributed by atoms with Crippen molar-refractivity contribution in [3.8, 4) is 11.5 Å². The molecule has 0 saturated heterocycles. The van der Waals surface area contributed by atoms with E-state index in [2.05, 4.69) is 20.0 Å². The predicted molar refractivity (Wildman–Crippen MR) is 156 cm³/mol. The third-order valence-corrected chi connectivity index (χ3v) is 9.22. The highest BCUT2D eigenvalue weighted by Crippen LogP contribution is 2.35. The monoisotopic (exact) mass is 609 g/mol. The van der Waals surface area contributed by atoms with Crippen LogP contribution in [0.25, 0.3) is 0 Å². The van der Waals surface area contributed by atoms with Crippen LogP contribution in [0.15, 0.2) is 88.7 Å². The molecule has 0 saturated carbocycles. The van der Waals surface area contributed by atoms with Crippen molar-refractivity contribution in [2.45, 2.75) is 23.6 Å². The van der Waals surface area contributed by atoms with Crippen molar-refractivity contribution >= 4 is 43.3 Å². The SMILES string of the molecule is Cc1cc(C)nc(NS(=O)(=O)c2ccc(NC(=O)CN(c3ccc4c(c3)OCCO4)S(=O)(=O)c3ccccc3)cc2)n1. The Kier molecular flexibility index (Phi) is 8.00. The molecule has 5 rings (SSSR count). The molecule has 0 atom stereocenters. The van der Waals surface area contributed by atoms with E-state index in [9.17, 15) is 21.6 Å². The number of ether oxygens (including phenoxy) is 2. The lowest BCUT2D eigenvalue weighted by atomic mass is 10.2. The third-order valence-electron chi connectivity index (χ3n) is 6.09. The van der Waals surface area contributed by atoms with Crippen molar-refractivity contribution in [1.29, 1.82) is 0 Å². The Morgan fingerprint density at radius 3 is 2.12 bits per heavy atom. The number of sulfonamides is 2. The predicted octanol–water partition coefficient (Wildman–Crippen LogP) is 3.50. The number of hydrogen-bond donors (Lipinski definition) is 2. The summed E-state index contributed by atoms with van der Waals surface area (Å²) in [4.78, 5) is 21.2. The third kappa shape index (κ3) is 6.44. The molecule has 0 bridgehead atoms. The highest BCUT2D eigenvalue weighted by molar-refractivity contribution is 7.93. The summed E-state index contributed by atoms with van der Waals surface area (Å²) in [7, 11) is -8.16. The van der Waals surface area contributed by atoms with Crippen LogP contribution in [0.4, 0.5) is 17.3 Å². The summed E-state index contributed by atoms with van der Waals surface area (Å²) in [5.74, 6) is 0.134. The largest absolute Gasteiger partial charge is 0.486 e. The maximum absolute atomic E-state index is 13.6. The summed E-state index contributed by atoms with van der Waals surface area (Å²) in [6.45, 7) is 3.56. The van der Waals surface area contributed by atoms with E-state index in [1.54, 1.807) is 44.2 Å². The molecule has 0 aliphatic carbocycles. The van der Waals surface area contributed by atoms with E-state index >= 15 is 0 Å². The molecule has 0 radical (unpaired) electrons. The number of aryl methyl sites for hydroxylation is 2. The van der Waals surface area contributed by atoms with E-state index in [1.807, 2.05) is 0 Å². The van der Waals surface area contributed by atoms with E-state index in [0.29, 0.717) is 36.1 Å². The topological polar surface area (TPSA) is 157 Å². The van der Waals surface area contributed by atoms with Crippen LogP contribution in [0.5, 0.6) is 11.5 Å². The van der Waals surface area contributed by atoms with E-state index < -0.39 is 32.5 Å². The minimum absolute atomic E-state index is 0.00234. The van der Waals surface area contributed by atoms with Crippen LogP contribution in [0.1, 0.15) is 11.4 Å². The van der Waals surface area contributed by atoms with Crippen molar-refractivity contribution in [3.05, 3.63) is 90.3 Å². The van der Waals surface area contributed by atoms with Crippen molar-refractivity contribution in [3.63, 3.8) is 0 Å². The van der Waals surface area contributed by atoms with Gasteiger partial charge in [-0.1, -0.05) is 18.2 Å². The fraction of sp³-hybridized carbons (Fsp3) is 0.179. The molecule has 3 aromatic carbocycles. The number of nitrogens with one attached hydrogen (secondary N) is 2. The standard InChI is InChI=1S/C28H27N5O7S2/c1-19-16-20(2)30-28(29-19)32-41(35,36)23-11-8-21(9-12-23)31-27(34)18-33(42(37,38)24-6-4-3-5-7-24)22-10-13-25-26(17-22)40-15-14-39-25/h3-13,16-17H,14-15,18H2,1-2H3,(H,31,34)(H,29,30,32). The second-order valence-electron chi connectivity index (χ2n) is 9.31. The number of fused-ring (bicyclic) bond motifs is 1. The Morgan fingerprint density at radius 2 is 1.45 bits per heavy atom. The minimum atomic E-state index is -4.15. The zero-order valence-electron chi connectivity index (χ0n) is 22.6. The van der Waals surface area contributed by atoms with Crippen LogP contribution >= 0.6 is 0 Å². The fourth-order valence-corrected chi connectivity index (χ4v) is 6.60. The molecule has 4 aromatic rings. The molecule has 2 heterocycles. The van der Waals surface area contributed by atoms with E-state index in [-0.39, 0.29) is 27.1 Å². The van der Waals surface area contributed by atoms with Gasteiger partial charge in [-0.3, -0.25) is 9.10 Å². The van der Waals surface area contributed by atoms with Crippen LogP contribution in [0, 0.1) is 13.8 Å². The van der Waals surface area contributed by atoms with Gasteiger partial charge >= 0.3 is 0 Å². The molecule has 1 amide bonds. The summed E-state index contributed by atoms with van der Waals surface area (Å²) < 4.78 is 67.4. The number of carbonyl (C=O) groups excluding carboxylic acids is 1. The van der Waals surface area contributed by atoms with Crippen molar-refractivity contribution in [1.82, 2.24) is 9.97 Å². The van der Waals surface area contributed by atoms with Gasteiger partial charge in [-0.15, -0.1) is 0 Å². The van der Waals surface area contributed by atoms with E-state index in [4.69, 9.17) is 9.47 Å². The summed E-state index contributed by atoms with van der Waals surface area (Å²) in [6, 6.07) is 19.5. The lowest BCUT2D eigenvalue weighted by Crippen LogP contribution is -2.38. The Balaban J connectivity index is 1.35. The molecule has 2 N–H and O–H groups in total. The quantitative estimate of drug-likeness (QED) is 0.290. The second-order valence-corrected chi connectivity index (χ2v) is 12.8. The van der Waals surface area contributed by atoms with Crippen LogP contribution in [0.2, 0.25) is 0 Å². The van der Waals surface area contributed by atoms with Gasteiger partial charge in [0.1, 0.15) is 19.8 Å². The first-order valence-electron chi connectivity index (χ1n) is 12.7. The summed E-state index contributed by atoms with van der Waals surface area (Å²) >= 11 is 0. The molecule has 218 valence electrons. The number of nitrogens with zero attached hydrogens (tertiary/aromatic N) is 3. The number of carbonyl (C=O) groups is 1. The number of hydrogen-bond acceptors (Lipinski definition) is 9. The number of amides is 1. The zero-order valence-corrected chi connectivity index (χ0v) is 24.3. The van der Waals surface area contributed by atoms with Gasteiger partial charge in [0.2, 0.25) is 11.9 Å². The van der Waals surface area contributed by atoms with Gasteiger partial charge in [-0.05, 0) is 68.4 Å². The molecular weight excluding hydrogens is 582 g/mol. The summed E-state index contributed by atoms with van der Waals surface area (Å²) in [6.07, 6.45) is 0. The van der Waals surface area contributed by atoms with Gasteiger partial charge in [0.15, 0.2) is 11.5 Å². The van der Waals surface area contributed by atoms with Crippen molar-refractivity contribution < 1.29 is 31.1 Å². The van der Waals surface area contributed by atoms with Crippen molar-refractivity contribution in [2.75, 3.05) is 34.1 Å². The van der Waals surface area contributed by atoms with Gasteiger partial charge in [0, 0.05) is 23.1 Å². The molecular formula is C28H27N5O7S2. The second kappa shape index (κ2) is 11.7. The van der Waals surface area contributed by atoms with Gasteiger partial charge in [-0.25, -0.2) is 31.5 Å². The minimum Gasteiger partial charge on any atom is -0.486 e. The highest BCUT2D eigenvalue weighted by atomic mass is 32.2.